The van der Waals surface area contributed by atoms with E-state index in [2.05, 4.69) is 58.7 Å². The second kappa shape index (κ2) is 9.80. The van der Waals surface area contributed by atoms with Crippen molar-refractivity contribution in [3.8, 4) is 5.75 Å². The van der Waals surface area contributed by atoms with Gasteiger partial charge in [0.1, 0.15) is 5.75 Å². The average molecular weight is 655 g/mol. The first kappa shape index (κ1) is 23.2. The molecule has 0 spiro atoms. The molecule has 3 aromatic rings. The number of nitrogens with one attached hydrogen (secondary N) is 3. The Morgan fingerprint density at radius 1 is 1.03 bits per heavy atom. The van der Waals surface area contributed by atoms with E-state index in [-0.39, 0.29) is 29.3 Å². The van der Waals surface area contributed by atoms with Gasteiger partial charge in [0.25, 0.3) is 0 Å². The fraction of sp³-hybridized carbons (Fsp3) is 0.111. The number of hydrogen-bond donors (Lipinski definition) is 4. The molecule has 0 atom stereocenters. The molecule has 8 nitrogen and oxygen atoms in total. The van der Waals surface area contributed by atoms with Crippen molar-refractivity contribution in [2.24, 2.45) is 5.10 Å². The fourth-order valence-corrected chi connectivity index (χ4v) is 4.23. The second-order valence-electron chi connectivity index (χ2n) is 5.96. The normalized spacial score (nSPS) is 11.5. The van der Waals surface area contributed by atoms with Crippen LogP contribution in [0.25, 0.3) is 0 Å². The highest BCUT2D eigenvalue weighted by Gasteiger charge is 2.30. The Labute approximate surface area is 202 Å². The lowest BCUT2D eigenvalue weighted by Crippen LogP contribution is -2.08. The van der Waals surface area contributed by atoms with E-state index >= 15 is 0 Å². The van der Waals surface area contributed by atoms with Gasteiger partial charge in [-0.15, -0.1) is 0 Å². The maximum Gasteiger partial charge on any atom is 0.416 e. The first-order valence-corrected chi connectivity index (χ1v) is 10.7. The molecule has 4 N–H and O–H groups in total. The van der Waals surface area contributed by atoms with Crippen molar-refractivity contribution in [1.29, 1.82) is 0 Å². The molecule has 0 bridgehead atoms. The van der Waals surface area contributed by atoms with E-state index in [1.165, 1.54) is 18.3 Å². The van der Waals surface area contributed by atoms with E-state index in [4.69, 9.17) is 0 Å². The highest BCUT2D eigenvalue weighted by atomic mass is 127. The highest BCUT2D eigenvalue weighted by molar-refractivity contribution is 14.1. The van der Waals surface area contributed by atoms with Gasteiger partial charge in [0, 0.05) is 21.9 Å². The molecule has 0 aliphatic heterocycles. The third kappa shape index (κ3) is 6.28. The quantitative estimate of drug-likeness (QED) is 0.168. The summed E-state index contributed by atoms with van der Waals surface area (Å²) in [6, 6.07) is 8.24. The summed E-state index contributed by atoms with van der Waals surface area (Å²) in [5, 5.41) is 19.6. The summed E-state index contributed by atoms with van der Waals surface area (Å²) in [7, 11) is 1.59. The Balaban J connectivity index is 1.81. The van der Waals surface area contributed by atoms with Gasteiger partial charge in [0.2, 0.25) is 17.8 Å². The van der Waals surface area contributed by atoms with Crippen molar-refractivity contribution >= 4 is 74.9 Å². The number of alkyl halides is 3. The minimum Gasteiger partial charge on any atom is -0.506 e. The molecule has 0 aliphatic rings. The van der Waals surface area contributed by atoms with Gasteiger partial charge in [-0.2, -0.15) is 33.2 Å². The first-order chi connectivity index (χ1) is 14.7. The zero-order valence-corrected chi connectivity index (χ0v) is 20.0. The van der Waals surface area contributed by atoms with Crippen molar-refractivity contribution < 1.29 is 18.3 Å². The maximum absolute atomic E-state index is 12.9. The minimum absolute atomic E-state index is 0.0167. The predicted octanol–water partition coefficient (Wildman–Crippen LogP) is 5.04. The van der Waals surface area contributed by atoms with Crippen LogP contribution < -0.4 is 16.1 Å². The van der Waals surface area contributed by atoms with Crippen LogP contribution in [0.1, 0.15) is 11.1 Å². The molecule has 0 saturated heterocycles. The lowest BCUT2D eigenvalue weighted by atomic mass is 10.2. The van der Waals surface area contributed by atoms with Crippen molar-refractivity contribution in [1.82, 2.24) is 15.0 Å². The molecule has 1 aromatic heterocycles. The van der Waals surface area contributed by atoms with Gasteiger partial charge in [-0.1, -0.05) is 6.07 Å². The number of anilines is 4. The summed E-state index contributed by atoms with van der Waals surface area (Å²) < 4.78 is 40.4. The Kier molecular flexibility index (Phi) is 7.34. The van der Waals surface area contributed by atoms with Gasteiger partial charge in [-0.25, -0.2) is 5.43 Å². The van der Waals surface area contributed by atoms with E-state index in [1.807, 2.05) is 28.7 Å². The minimum atomic E-state index is -4.47. The molecular formula is C18H14F3I2N7O. The van der Waals surface area contributed by atoms with Gasteiger partial charge in [-0.05, 0) is 75.5 Å². The standard InChI is InChI=1S/C18H14F3I2N7O/c1-24-15-27-16(26-12-4-2-3-10(6-12)18(19,20)21)29-17(28-15)30-25-8-9-5-11(22)7-13(23)14(9)31/h2-8,31H,1H3,(H3,24,26,27,28,29,30). The Hall–Kier alpha value is -2.43. The Morgan fingerprint density at radius 3 is 2.45 bits per heavy atom. The van der Waals surface area contributed by atoms with Crippen LogP contribution in [0.5, 0.6) is 5.75 Å². The number of nitrogens with zero attached hydrogens (tertiary/aromatic N) is 4. The summed E-state index contributed by atoms with van der Waals surface area (Å²) in [6.45, 7) is 0. The van der Waals surface area contributed by atoms with Crippen LogP contribution in [-0.2, 0) is 6.18 Å². The molecule has 0 radical (unpaired) electrons. The van der Waals surface area contributed by atoms with Crippen LogP contribution in [0.15, 0.2) is 41.5 Å². The molecule has 0 saturated carbocycles. The number of benzene rings is 2. The molecule has 162 valence electrons. The molecule has 1 heterocycles. The Morgan fingerprint density at radius 2 is 1.74 bits per heavy atom. The predicted molar refractivity (Wildman–Crippen MR) is 129 cm³/mol. The van der Waals surface area contributed by atoms with Crippen LogP contribution in [0, 0.1) is 7.14 Å². The third-order valence-corrected chi connectivity index (χ3v) is 5.18. The van der Waals surface area contributed by atoms with E-state index < -0.39 is 11.7 Å². The number of hydrazone groups is 1. The summed E-state index contributed by atoms with van der Waals surface area (Å²) in [5.41, 5.74) is 2.49. The van der Waals surface area contributed by atoms with Gasteiger partial charge in [0.05, 0.1) is 15.3 Å². The molecule has 2 aromatic carbocycles. The van der Waals surface area contributed by atoms with Crippen molar-refractivity contribution in [2.75, 3.05) is 23.1 Å². The molecule has 13 heteroatoms. The molecule has 3 rings (SSSR count). The van der Waals surface area contributed by atoms with Crippen LogP contribution in [-0.4, -0.2) is 33.3 Å². The molecule has 31 heavy (non-hydrogen) atoms. The smallest absolute Gasteiger partial charge is 0.416 e. The van der Waals surface area contributed by atoms with E-state index in [9.17, 15) is 18.3 Å². The molecule has 0 fully saturated rings. The van der Waals surface area contributed by atoms with Crippen molar-refractivity contribution in [3.05, 3.63) is 54.7 Å². The summed E-state index contributed by atoms with van der Waals surface area (Å²) in [4.78, 5) is 12.3. The number of halogens is 5. The molecular weight excluding hydrogens is 641 g/mol. The zero-order chi connectivity index (χ0) is 22.6. The molecule has 0 amide bonds. The Bertz CT molecular complexity index is 1130. The van der Waals surface area contributed by atoms with Crippen LogP contribution in [0.2, 0.25) is 0 Å². The number of phenolic OH excluding ortho intramolecular Hbond substituents is 1. The number of aromatic nitrogens is 3. The first-order valence-electron chi connectivity index (χ1n) is 8.51. The summed E-state index contributed by atoms with van der Waals surface area (Å²) >= 11 is 4.14. The average Bonchev–Trinajstić information content (AvgIpc) is 2.71. The van der Waals surface area contributed by atoms with Crippen LogP contribution >= 0.6 is 45.2 Å². The van der Waals surface area contributed by atoms with Crippen molar-refractivity contribution in [2.45, 2.75) is 6.18 Å². The molecule has 0 aliphatic carbocycles. The lowest BCUT2D eigenvalue weighted by molar-refractivity contribution is -0.137. The van der Waals surface area contributed by atoms with E-state index in [0.29, 0.717) is 9.13 Å². The third-order valence-electron chi connectivity index (χ3n) is 3.73. The van der Waals surface area contributed by atoms with Crippen LogP contribution in [0.3, 0.4) is 0 Å². The van der Waals surface area contributed by atoms with Gasteiger partial charge in [0.15, 0.2) is 0 Å². The number of phenols is 1. The maximum atomic E-state index is 12.9. The van der Waals surface area contributed by atoms with Gasteiger partial charge >= 0.3 is 6.18 Å². The summed E-state index contributed by atoms with van der Waals surface area (Å²) in [6.07, 6.45) is -3.06. The van der Waals surface area contributed by atoms with E-state index in [0.717, 1.165) is 15.7 Å². The number of rotatable bonds is 6. The monoisotopic (exact) mass is 655 g/mol. The SMILES string of the molecule is CNc1nc(NN=Cc2cc(I)cc(I)c2O)nc(Nc2cccc(C(F)(F)F)c2)n1. The zero-order valence-electron chi connectivity index (χ0n) is 15.7. The largest absolute Gasteiger partial charge is 0.506 e. The fourth-order valence-electron chi connectivity index (χ4n) is 2.34. The van der Waals surface area contributed by atoms with Gasteiger partial charge < -0.3 is 15.7 Å². The molecule has 0 unspecified atom stereocenters. The van der Waals surface area contributed by atoms with Crippen molar-refractivity contribution in [3.63, 3.8) is 0 Å². The van der Waals surface area contributed by atoms with E-state index in [1.54, 1.807) is 13.1 Å². The van der Waals surface area contributed by atoms with Crippen LogP contribution in [0.4, 0.5) is 36.7 Å². The summed E-state index contributed by atoms with van der Waals surface area (Å²) in [5.74, 6) is 0.326. The number of hydrogen-bond acceptors (Lipinski definition) is 8. The van der Waals surface area contributed by atoms with Gasteiger partial charge in [-0.3, -0.25) is 0 Å². The topological polar surface area (TPSA) is 107 Å². The lowest BCUT2D eigenvalue weighted by Gasteiger charge is -2.11. The highest BCUT2D eigenvalue weighted by Crippen LogP contribution is 2.31. The number of aromatic hydroxyl groups is 1. The second-order valence-corrected chi connectivity index (χ2v) is 8.36.